The smallest absolute Gasteiger partial charge is 0.165 e. The average molecular weight is 332 g/mol. The molecule has 1 atom stereocenters. The number of piperidine rings is 1. The van der Waals surface area contributed by atoms with E-state index in [9.17, 15) is 4.39 Å². The van der Waals surface area contributed by atoms with Crippen LogP contribution in [-0.2, 0) is 6.54 Å². The fourth-order valence-electron chi connectivity index (χ4n) is 3.33. The van der Waals surface area contributed by atoms with Crippen LogP contribution in [0.15, 0.2) is 24.3 Å². The first-order chi connectivity index (χ1) is 11.6. The van der Waals surface area contributed by atoms with E-state index in [0.717, 1.165) is 37.8 Å². The van der Waals surface area contributed by atoms with Crippen molar-refractivity contribution in [3.63, 3.8) is 0 Å². The minimum Gasteiger partial charge on any atom is -0.489 e. The van der Waals surface area contributed by atoms with Crippen molar-refractivity contribution in [3.05, 3.63) is 41.7 Å². The number of ether oxygens (including phenoxy) is 1. The number of aryl methyl sites for hydroxylation is 2. The number of hydrogen-bond donors (Lipinski definition) is 0. The van der Waals surface area contributed by atoms with E-state index >= 15 is 0 Å². The molecule has 0 amide bonds. The highest BCUT2D eigenvalue weighted by atomic mass is 19.1. The van der Waals surface area contributed by atoms with Crippen molar-refractivity contribution in [1.29, 1.82) is 0 Å². The van der Waals surface area contributed by atoms with E-state index in [1.807, 2.05) is 18.5 Å². The quantitative estimate of drug-likeness (QED) is 0.816. The Morgan fingerprint density at radius 3 is 2.88 bits per heavy atom. The second-order valence-electron chi connectivity index (χ2n) is 6.48. The number of halogens is 1. The first kappa shape index (κ1) is 16.9. The Kier molecular flexibility index (Phi) is 5.45. The van der Waals surface area contributed by atoms with Crippen molar-refractivity contribution >= 4 is 0 Å². The Bertz CT molecular complexity index is 673. The zero-order valence-corrected chi connectivity index (χ0v) is 14.4. The fourth-order valence-corrected chi connectivity index (χ4v) is 3.33. The van der Waals surface area contributed by atoms with Crippen LogP contribution < -0.4 is 4.74 Å². The summed E-state index contributed by atoms with van der Waals surface area (Å²) in [6, 6.07) is 6.56. The standard InChI is InChI=1S/C18H25FN4O/c1-14-20-15(2)23(21-14)13-16-6-5-9-22(12-16)10-11-24-18-8-4-3-7-17(18)19/h3-4,7-8,16H,5-6,9-13H2,1-2H3. The molecule has 0 N–H and O–H groups in total. The molecular weight excluding hydrogens is 307 g/mol. The third kappa shape index (κ3) is 4.32. The van der Waals surface area contributed by atoms with Gasteiger partial charge in [-0.1, -0.05) is 12.1 Å². The third-order valence-corrected chi connectivity index (χ3v) is 4.50. The normalized spacial score (nSPS) is 18.7. The maximum absolute atomic E-state index is 13.5. The summed E-state index contributed by atoms with van der Waals surface area (Å²) < 4.78 is 21.1. The van der Waals surface area contributed by atoms with E-state index in [0.29, 0.717) is 18.3 Å². The van der Waals surface area contributed by atoms with Crippen LogP contribution in [0, 0.1) is 25.6 Å². The van der Waals surface area contributed by atoms with Crippen molar-refractivity contribution in [2.75, 3.05) is 26.2 Å². The molecule has 1 unspecified atom stereocenters. The lowest BCUT2D eigenvalue weighted by atomic mass is 9.98. The van der Waals surface area contributed by atoms with Crippen LogP contribution in [0.25, 0.3) is 0 Å². The van der Waals surface area contributed by atoms with Crippen molar-refractivity contribution in [3.8, 4) is 5.75 Å². The average Bonchev–Trinajstić information content (AvgIpc) is 2.87. The molecule has 1 aliphatic rings. The molecule has 1 aromatic carbocycles. The molecule has 0 aliphatic carbocycles. The summed E-state index contributed by atoms with van der Waals surface area (Å²) in [6.07, 6.45) is 2.39. The summed E-state index contributed by atoms with van der Waals surface area (Å²) in [7, 11) is 0. The number of likely N-dealkylation sites (tertiary alicyclic amines) is 1. The maximum atomic E-state index is 13.5. The van der Waals surface area contributed by atoms with Crippen LogP contribution in [0.3, 0.4) is 0 Å². The summed E-state index contributed by atoms with van der Waals surface area (Å²) in [5.41, 5.74) is 0. The third-order valence-electron chi connectivity index (χ3n) is 4.50. The predicted molar refractivity (Wildman–Crippen MR) is 90.6 cm³/mol. The van der Waals surface area contributed by atoms with Gasteiger partial charge in [-0.3, -0.25) is 4.90 Å². The van der Waals surface area contributed by atoms with E-state index in [2.05, 4.69) is 15.0 Å². The number of benzene rings is 1. The van der Waals surface area contributed by atoms with E-state index < -0.39 is 0 Å². The van der Waals surface area contributed by atoms with Crippen LogP contribution in [0.4, 0.5) is 4.39 Å². The van der Waals surface area contributed by atoms with Gasteiger partial charge in [-0.05, 0) is 51.3 Å². The molecule has 24 heavy (non-hydrogen) atoms. The van der Waals surface area contributed by atoms with Gasteiger partial charge in [-0.25, -0.2) is 14.1 Å². The van der Waals surface area contributed by atoms with Gasteiger partial charge in [-0.15, -0.1) is 0 Å². The predicted octanol–water partition coefficient (Wildman–Crippen LogP) is 2.83. The van der Waals surface area contributed by atoms with Gasteiger partial charge in [0.1, 0.15) is 18.3 Å². The SMILES string of the molecule is Cc1nc(C)n(CC2CCCN(CCOc3ccccc3F)C2)n1. The molecule has 6 heteroatoms. The Labute approximate surface area is 142 Å². The molecule has 1 saturated heterocycles. The van der Waals surface area contributed by atoms with Crippen LogP contribution >= 0.6 is 0 Å². The van der Waals surface area contributed by atoms with Gasteiger partial charge in [0.2, 0.25) is 0 Å². The maximum Gasteiger partial charge on any atom is 0.165 e. The monoisotopic (exact) mass is 332 g/mol. The van der Waals surface area contributed by atoms with Crippen LogP contribution in [-0.4, -0.2) is 45.9 Å². The Morgan fingerprint density at radius 1 is 1.29 bits per heavy atom. The number of para-hydroxylation sites is 1. The molecule has 0 saturated carbocycles. The van der Waals surface area contributed by atoms with E-state index in [-0.39, 0.29) is 5.82 Å². The highest BCUT2D eigenvalue weighted by Gasteiger charge is 2.21. The lowest BCUT2D eigenvalue weighted by Gasteiger charge is -2.32. The van der Waals surface area contributed by atoms with Gasteiger partial charge in [0.15, 0.2) is 11.6 Å². The molecule has 2 aromatic rings. The van der Waals surface area contributed by atoms with E-state index in [1.54, 1.807) is 18.2 Å². The molecule has 3 rings (SSSR count). The van der Waals surface area contributed by atoms with Crippen molar-refractivity contribution in [1.82, 2.24) is 19.7 Å². The lowest BCUT2D eigenvalue weighted by molar-refractivity contribution is 0.135. The molecular formula is C18H25FN4O. The summed E-state index contributed by atoms with van der Waals surface area (Å²) in [5, 5.41) is 4.46. The van der Waals surface area contributed by atoms with Crippen LogP contribution in [0.2, 0.25) is 0 Å². The largest absolute Gasteiger partial charge is 0.489 e. The topological polar surface area (TPSA) is 43.2 Å². The molecule has 5 nitrogen and oxygen atoms in total. The first-order valence-electron chi connectivity index (χ1n) is 8.59. The summed E-state index contributed by atoms with van der Waals surface area (Å²) in [6.45, 7) is 8.28. The zero-order chi connectivity index (χ0) is 16.9. The van der Waals surface area contributed by atoms with Gasteiger partial charge >= 0.3 is 0 Å². The highest BCUT2D eigenvalue weighted by Crippen LogP contribution is 2.19. The molecule has 2 heterocycles. The van der Waals surface area contributed by atoms with Gasteiger partial charge in [0.25, 0.3) is 0 Å². The minimum atomic E-state index is -0.300. The minimum absolute atomic E-state index is 0.300. The van der Waals surface area contributed by atoms with Crippen molar-refractivity contribution in [2.24, 2.45) is 5.92 Å². The Morgan fingerprint density at radius 2 is 2.12 bits per heavy atom. The number of aromatic nitrogens is 3. The first-order valence-corrected chi connectivity index (χ1v) is 8.59. The number of nitrogens with zero attached hydrogens (tertiary/aromatic N) is 4. The van der Waals surface area contributed by atoms with Gasteiger partial charge in [0, 0.05) is 19.6 Å². The fraction of sp³-hybridized carbons (Fsp3) is 0.556. The van der Waals surface area contributed by atoms with Crippen molar-refractivity contribution in [2.45, 2.75) is 33.2 Å². The molecule has 1 aliphatic heterocycles. The molecule has 0 spiro atoms. The van der Waals surface area contributed by atoms with Gasteiger partial charge < -0.3 is 4.74 Å². The molecule has 0 bridgehead atoms. The Hall–Kier alpha value is -1.95. The summed E-state index contributed by atoms with van der Waals surface area (Å²) in [4.78, 5) is 6.77. The second kappa shape index (κ2) is 7.75. The summed E-state index contributed by atoms with van der Waals surface area (Å²) >= 11 is 0. The number of rotatable bonds is 6. The number of hydrogen-bond acceptors (Lipinski definition) is 4. The van der Waals surface area contributed by atoms with Crippen LogP contribution in [0.1, 0.15) is 24.5 Å². The zero-order valence-electron chi connectivity index (χ0n) is 14.4. The summed E-state index contributed by atoms with van der Waals surface area (Å²) in [5.74, 6) is 2.42. The Balaban J connectivity index is 1.47. The molecule has 130 valence electrons. The second-order valence-corrected chi connectivity index (χ2v) is 6.48. The highest BCUT2D eigenvalue weighted by molar-refractivity contribution is 5.23. The van der Waals surface area contributed by atoms with Gasteiger partial charge in [-0.2, -0.15) is 5.10 Å². The molecule has 0 radical (unpaired) electrons. The van der Waals surface area contributed by atoms with Crippen LogP contribution in [0.5, 0.6) is 5.75 Å². The van der Waals surface area contributed by atoms with E-state index in [4.69, 9.17) is 4.74 Å². The molecule has 1 fully saturated rings. The lowest BCUT2D eigenvalue weighted by Crippen LogP contribution is -2.39. The van der Waals surface area contributed by atoms with Gasteiger partial charge in [0.05, 0.1) is 0 Å². The molecule has 1 aromatic heterocycles. The van der Waals surface area contributed by atoms with E-state index in [1.165, 1.54) is 18.9 Å². The van der Waals surface area contributed by atoms with Crippen molar-refractivity contribution < 1.29 is 9.13 Å².